The second-order valence-corrected chi connectivity index (χ2v) is 6.66. The second kappa shape index (κ2) is 7.28. The summed E-state index contributed by atoms with van der Waals surface area (Å²) in [5.74, 6) is 0. The highest BCUT2D eigenvalue weighted by molar-refractivity contribution is 9.11. The molecule has 3 heteroatoms. The predicted molar refractivity (Wildman–Crippen MR) is 94.3 cm³/mol. The molecular formula is C17H19Br2N. The van der Waals surface area contributed by atoms with E-state index in [0.717, 1.165) is 21.1 Å². The van der Waals surface area contributed by atoms with E-state index in [0.29, 0.717) is 0 Å². The molecule has 1 unspecified atom stereocenters. The largest absolute Gasteiger partial charge is 0.377 e. The number of rotatable bonds is 5. The standard InChI is InChI=1S/C17H19Br2N/c1-3-5-13-8-10-14(11-9-13)12(2)20-17-15(18)6-4-7-16(17)19/h4,6-12,20H,3,5H2,1-2H3. The van der Waals surface area contributed by atoms with Crippen LogP contribution >= 0.6 is 31.9 Å². The Morgan fingerprint density at radius 2 is 1.60 bits per heavy atom. The lowest BCUT2D eigenvalue weighted by atomic mass is 10.0. The van der Waals surface area contributed by atoms with E-state index < -0.39 is 0 Å². The smallest absolute Gasteiger partial charge is 0.0633 e. The minimum Gasteiger partial charge on any atom is -0.377 e. The van der Waals surface area contributed by atoms with E-state index in [4.69, 9.17) is 0 Å². The van der Waals surface area contributed by atoms with Gasteiger partial charge in [0.05, 0.1) is 5.69 Å². The molecule has 0 radical (unpaired) electrons. The van der Waals surface area contributed by atoms with Gasteiger partial charge in [-0.1, -0.05) is 43.7 Å². The molecule has 0 saturated heterocycles. The van der Waals surface area contributed by atoms with Gasteiger partial charge in [-0.15, -0.1) is 0 Å². The molecule has 2 aromatic rings. The molecule has 0 fully saturated rings. The number of para-hydroxylation sites is 1. The molecule has 20 heavy (non-hydrogen) atoms. The van der Waals surface area contributed by atoms with Gasteiger partial charge in [-0.2, -0.15) is 0 Å². The van der Waals surface area contributed by atoms with Gasteiger partial charge in [-0.3, -0.25) is 0 Å². The van der Waals surface area contributed by atoms with Crippen molar-refractivity contribution in [2.24, 2.45) is 0 Å². The van der Waals surface area contributed by atoms with Crippen LogP contribution < -0.4 is 5.32 Å². The van der Waals surface area contributed by atoms with Crippen LogP contribution in [0.3, 0.4) is 0 Å². The first kappa shape index (κ1) is 15.6. The lowest BCUT2D eigenvalue weighted by Crippen LogP contribution is -2.07. The Morgan fingerprint density at radius 3 is 2.15 bits per heavy atom. The number of hydrogen-bond acceptors (Lipinski definition) is 1. The van der Waals surface area contributed by atoms with Gasteiger partial charge in [0.2, 0.25) is 0 Å². The lowest BCUT2D eigenvalue weighted by molar-refractivity contribution is 0.874. The van der Waals surface area contributed by atoms with E-state index in [1.54, 1.807) is 0 Å². The summed E-state index contributed by atoms with van der Waals surface area (Å²) in [4.78, 5) is 0. The van der Waals surface area contributed by atoms with Crippen molar-refractivity contribution in [3.63, 3.8) is 0 Å². The molecule has 1 N–H and O–H groups in total. The van der Waals surface area contributed by atoms with Crippen molar-refractivity contribution in [2.75, 3.05) is 5.32 Å². The fraction of sp³-hybridized carbons (Fsp3) is 0.294. The third-order valence-corrected chi connectivity index (χ3v) is 4.66. The maximum Gasteiger partial charge on any atom is 0.0633 e. The van der Waals surface area contributed by atoms with Crippen LogP contribution in [0.2, 0.25) is 0 Å². The third-order valence-electron chi connectivity index (χ3n) is 3.34. The van der Waals surface area contributed by atoms with Crippen molar-refractivity contribution in [3.8, 4) is 0 Å². The van der Waals surface area contributed by atoms with Crippen LogP contribution in [0, 0.1) is 0 Å². The van der Waals surface area contributed by atoms with Gasteiger partial charge >= 0.3 is 0 Å². The van der Waals surface area contributed by atoms with Crippen molar-refractivity contribution in [1.29, 1.82) is 0 Å². The molecule has 1 atom stereocenters. The van der Waals surface area contributed by atoms with Crippen molar-refractivity contribution >= 4 is 37.5 Å². The first-order chi connectivity index (χ1) is 9.61. The Labute approximate surface area is 138 Å². The minimum absolute atomic E-state index is 0.265. The van der Waals surface area contributed by atoms with Crippen LogP contribution in [0.5, 0.6) is 0 Å². The van der Waals surface area contributed by atoms with E-state index in [1.165, 1.54) is 17.5 Å². The van der Waals surface area contributed by atoms with Gasteiger partial charge < -0.3 is 5.32 Å². The number of hydrogen-bond donors (Lipinski definition) is 1. The van der Waals surface area contributed by atoms with Crippen molar-refractivity contribution in [3.05, 3.63) is 62.5 Å². The summed E-state index contributed by atoms with van der Waals surface area (Å²) in [5, 5.41) is 3.55. The Bertz CT molecular complexity index is 543. The van der Waals surface area contributed by atoms with Crippen LogP contribution in [0.15, 0.2) is 51.4 Å². The molecule has 0 aliphatic carbocycles. The minimum atomic E-state index is 0.265. The summed E-state index contributed by atoms with van der Waals surface area (Å²) in [6, 6.07) is 15.3. The number of anilines is 1. The average Bonchev–Trinajstić information content (AvgIpc) is 2.44. The first-order valence-corrected chi connectivity index (χ1v) is 8.49. The molecule has 0 aliphatic rings. The normalized spacial score (nSPS) is 12.2. The van der Waals surface area contributed by atoms with Gasteiger partial charge in [0.25, 0.3) is 0 Å². The maximum absolute atomic E-state index is 3.59. The number of nitrogens with one attached hydrogen (secondary N) is 1. The highest BCUT2D eigenvalue weighted by Crippen LogP contribution is 2.33. The van der Waals surface area contributed by atoms with Gasteiger partial charge in [0.1, 0.15) is 0 Å². The van der Waals surface area contributed by atoms with Crippen LogP contribution in [-0.4, -0.2) is 0 Å². The van der Waals surface area contributed by atoms with Gasteiger partial charge in [-0.25, -0.2) is 0 Å². The zero-order valence-electron chi connectivity index (χ0n) is 11.8. The summed E-state index contributed by atoms with van der Waals surface area (Å²) in [7, 11) is 0. The molecule has 0 aromatic heterocycles. The molecule has 0 aliphatic heterocycles. The second-order valence-electron chi connectivity index (χ2n) is 4.95. The third kappa shape index (κ3) is 3.86. The highest BCUT2D eigenvalue weighted by Gasteiger charge is 2.10. The van der Waals surface area contributed by atoms with Crippen molar-refractivity contribution < 1.29 is 0 Å². The average molecular weight is 397 g/mol. The Morgan fingerprint density at radius 1 is 1.00 bits per heavy atom. The topological polar surface area (TPSA) is 12.0 Å². The molecule has 0 bridgehead atoms. The van der Waals surface area contributed by atoms with Crippen LogP contribution in [0.25, 0.3) is 0 Å². The predicted octanol–water partition coefficient (Wildman–Crippen LogP) is 6.34. The van der Waals surface area contributed by atoms with Crippen LogP contribution in [0.1, 0.15) is 37.4 Å². The lowest BCUT2D eigenvalue weighted by Gasteiger charge is -2.18. The molecule has 106 valence electrons. The molecule has 2 aromatic carbocycles. The van der Waals surface area contributed by atoms with Gasteiger partial charge in [0, 0.05) is 15.0 Å². The summed E-state index contributed by atoms with van der Waals surface area (Å²) >= 11 is 7.18. The summed E-state index contributed by atoms with van der Waals surface area (Å²) in [6.45, 7) is 4.39. The number of benzene rings is 2. The van der Waals surface area contributed by atoms with E-state index in [9.17, 15) is 0 Å². The SMILES string of the molecule is CCCc1ccc(C(C)Nc2c(Br)cccc2Br)cc1. The van der Waals surface area contributed by atoms with Crippen molar-refractivity contribution in [2.45, 2.75) is 32.7 Å². The maximum atomic E-state index is 3.59. The molecular weight excluding hydrogens is 378 g/mol. The number of aryl methyl sites for hydroxylation is 1. The molecule has 2 rings (SSSR count). The quantitative estimate of drug-likeness (QED) is 0.621. The monoisotopic (exact) mass is 395 g/mol. The summed E-state index contributed by atoms with van der Waals surface area (Å²) in [6.07, 6.45) is 2.34. The van der Waals surface area contributed by atoms with Crippen molar-refractivity contribution in [1.82, 2.24) is 0 Å². The van der Waals surface area contributed by atoms with E-state index in [-0.39, 0.29) is 6.04 Å². The van der Waals surface area contributed by atoms with Crippen LogP contribution in [0.4, 0.5) is 5.69 Å². The fourth-order valence-electron chi connectivity index (χ4n) is 2.20. The molecule has 1 nitrogen and oxygen atoms in total. The zero-order valence-corrected chi connectivity index (χ0v) is 15.0. The fourth-order valence-corrected chi connectivity index (χ4v) is 3.42. The summed E-state index contributed by atoms with van der Waals surface area (Å²) < 4.78 is 2.14. The Hall–Kier alpha value is -0.800. The van der Waals surface area contributed by atoms with E-state index in [1.807, 2.05) is 18.2 Å². The van der Waals surface area contributed by atoms with E-state index in [2.05, 4.69) is 75.3 Å². The van der Waals surface area contributed by atoms with Crippen LogP contribution in [-0.2, 0) is 6.42 Å². The molecule has 0 heterocycles. The Kier molecular flexibility index (Phi) is 5.67. The highest BCUT2D eigenvalue weighted by atomic mass is 79.9. The number of halogens is 2. The van der Waals surface area contributed by atoms with Gasteiger partial charge in [0.15, 0.2) is 0 Å². The Balaban J connectivity index is 2.13. The first-order valence-electron chi connectivity index (χ1n) is 6.91. The molecule has 0 spiro atoms. The zero-order chi connectivity index (χ0) is 14.5. The van der Waals surface area contributed by atoms with Gasteiger partial charge in [-0.05, 0) is 68.5 Å². The molecule has 0 saturated carbocycles. The summed E-state index contributed by atoms with van der Waals surface area (Å²) in [5.41, 5.74) is 3.80. The van der Waals surface area contributed by atoms with E-state index >= 15 is 0 Å². The molecule has 0 amide bonds.